The van der Waals surface area contributed by atoms with E-state index in [2.05, 4.69) is 15.4 Å². The van der Waals surface area contributed by atoms with Gasteiger partial charge < -0.3 is 5.32 Å². The molecule has 0 spiro atoms. The second-order valence-corrected chi connectivity index (χ2v) is 2.20. The fourth-order valence-corrected chi connectivity index (χ4v) is 0.988. The van der Waals surface area contributed by atoms with Crippen LogP contribution < -0.4 is 5.32 Å². The highest BCUT2D eigenvalue weighted by Crippen LogP contribution is 2.07. The smallest absolute Gasteiger partial charge is 0.212 e. The fourth-order valence-electron chi connectivity index (χ4n) is 0.988. The number of anilines is 1. The maximum atomic E-state index is 10.1. The van der Waals surface area contributed by atoms with Gasteiger partial charge in [-0.3, -0.25) is 4.79 Å². The molecule has 0 aliphatic rings. The number of carbonyl (C=O) groups excluding carboxylic acids is 1. The van der Waals surface area contributed by atoms with Gasteiger partial charge in [0.15, 0.2) is 11.5 Å². The van der Waals surface area contributed by atoms with Gasteiger partial charge in [-0.05, 0) is 12.1 Å². The van der Waals surface area contributed by atoms with E-state index in [1.54, 1.807) is 23.0 Å². The minimum atomic E-state index is 0.570. The maximum absolute atomic E-state index is 10.1. The molecule has 0 atom stereocenters. The molecule has 0 bridgehead atoms. The van der Waals surface area contributed by atoms with E-state index in [1.807, 2.05) is 6.07 Å². The molecule has 2 aromatic rings. The number of nitrogens with zero attached hydrogens (tertiary/aromatic N) is 3. The van der Waals surface area contributed by atoms with Gasteiger partial charge in [0.2, 0.25) is 6.41 Å². The molecule has 0 aliphatic carbocycles. The molecule has 5 heteroatoms. The van der Waals surface area contributed by atoms with Gasteiger partial charge in [0.1, 0.15) is 0 Å². The summed E-state index contributed by atoms with van der Waals surface area (Å²) >= 11 is 0. The molecule has 0 aliphatic heterocycles. The van der Waals surface area contributed by atoms with Crippen molar-refractivity contribution < 1.29 is 4.79 Å². The molecule has 60 valence electrons. The van der Waals surface area contributed by atoms with Gasteiger partial charge in [0, 0.05) is 6.20 Å². The Balaban J connectivity index is 2.62. The Hall–Kier alpha value is -1.91. The molecule has 12 heavy (non-hydrogen) atoms. The second-order valence-electron chi connectivity index (χ2n) is 2.20. The SMILES string of the molecule is O=CNc1cnc2cccnn12. The molecule has 0 fully saturated rings. The van der Waals surface area contributed by atoms with Crippen molar-refractivity contribution in [2.24, 2.45) is 0 Å². The summed E-state index contributed by atoms with van der Waals surface area (Å²) in [5, 5.41) is 6.48. The standard InChI is InChI=1S/C7H6N4O/c12-5-9-7-4-8-6-2-1-3-10-11(6)7/h1-5H,(H,9,12). The van der Waals surface area contributed by atoms with E-state index < -0.39 is 0 Å². The zero-order valence-corrected chi connectivity index (χ0v) is 6.14. The summed E-state index contributed by atoms with van der Waals surface area (Å²) in [5.74, 6) is 0.570. The average Bonchev–Trinajstić information content (AvgIpc) is 2.50. The van der Waals surface area contributed by atoms with E-state index in [0.29, 0.717) is 17.9 Å². The van der Waals surface area contributed by atoms with Crippen molar-refractivity contribution in [2.45, 2.75) is 0 Å². The number of carbonyl (C=O) groups is 1. The molecule has 2 rings (SSSR count). The lowest BCUT2D eigenvalue weighted by molar-refractivity contribution is -0.105. The van der Waals surface area contributed by atoms with Crippen LogP contribution >= 0.6 is 0 Å². The lowest BCUT2D eigenvalue weighted by Gasteiger charge is -1.95. The van der Waals surface area contributed by atoms with Crippen molar-refractivity contribution >= 4 is 17.9 Å². The number of fused-ring (bicyclic) bond motifs is 1. The Labute approximate surface area is 68.0 Å². The van der Waals surface area contributed by atoms with Crippen LogP contribution in [0.15, 0.2) is 24.5 Å². The number of aromatic nitrogens is 3. The zero-order chi connectivity index (χ0) is 8.39. The van der Waals surface area contributed by atoms with Crippen molar-refractivity contribution in [2.75, 3.05) is 5.32 Å². The van der Waals surface area contributed by atoms with Crippen LogP contribution in [0, 0.1) is 0 Å². The third kappa shape index (κ3) is 0.914. The highest BCUT2D eigenvalue weighted by atomic mass is 16.1. The van der Waals surface area contributed by atoms with Crippen LogP contribution in [0.5, 0.6) is 0 Å². The number of amides is 1. The summed E-state index contributed by atoms with van der Waals surface area (Å²) in [6.45, 7) is 0. The minimum Gasteiger partial charge on any atom is -0.312 e. The van der Waals surface area contributed by atoms with Crippen LogP contribution in [0.4, 0.5) is 5.82 Å². The molecule has 2 heterocycles. The molecular weight excluding hydrogens is 156 g/mol. The van der Waals surface area contributed by atoms with E-state index in [4.69, 9.17) is 0 Å². The van der Waals surface area contributed by atoms with Crippen LogP contribution in [0.3, 0.4) is 0 Å². The van der Waals surface area contributed by atoms with Gasteiger partial charge in [0.25, 0.3) is 0 Å². The molecule has 0 saturated heterocycles. The molecule has 0 radical (unpaired) electrons. The highest BCUT2D eigenvalue weighted by molar-refractivity contribution is 5.70. The van der Waals surface area contributed by atoms with E-state index in [9.17, 15) is 4.79 Å². The Morgan fingerprint density at radius 3 is 3.33 bits per heavy atom. The fraction of sp³-hybridized carbons (Fsp3) is 0. The Morgan fingerprint density at radius 1 is 1.58 bits per heavy atom. The largest absolute Gasteiger partial charge is 0.312 e. The zero-order valence-electron chi connectivity index (χ0n) is 6.14. The van der Waals surface area contributed by atoms with Gasteiger partial charge in [-0.15, -0.1) is 0 Å². The second kappa shape index (κ2) is 2.61. The summed E-state index contributed by atoms with van der Waals surface area (Å²) in [6, 6.07) is 3.59. The van der Waals surface area contributed by atoms with E-state index in [-0.39, 0.29) is 0 Å². The average molecular weight is 162 g/mol. The molecule has 0 unspecified atom stereocenters. The third-order valence-electron chi connectivity index (χ3n) is 1.48. The van der Waals surface area contributed by atoms with Crippen molar-refractivity contribution in [1.82, 2.24) is 14.6 Å². The molecule has 2 aromatic heterocycles. The van der Waals surface area contributed by atoms with Gasteiger partial charge in [-0.25, -0.2) is 4.98 Å². The Morgan fingerprint density at radius 2 is 2.50 bits per heavy atom. The number of hydrogen-bond donors (Lipinski definition) is 1. The highest BCUT2D eigenvalue weighted by Gasteiger charge is 2.00. The third-order valence-corrected chi connectivity index (χ3v) is 1.48. The van der Waals surface area contributed by atoms with Crippen molar-refractivity contribution in [3.8, 4) is 0 Å². The first-order valence-corrected chi connectivity index (χ1v) is 3.41. The summed E-state index contributed by atoms with van der Waals surface area (Å²) in [4.78, 5) is 14.2. The van der Waals surface area contributed by atoms with Gasteiger partial charge >= 0.3 is 0 Å². The first-order chi connectivity index (χ1) is 5.92. The first kappa shape index (κ1) is 6.78. The van der Waals surface area contributed by atoms with Crippen molar-refractivity contribution in [3.05, 3.63) is 24.5 Å². The van der Waals surface area contributed by atoms with Crippen molar-refractivity contribution in [3.63, 3.8) is 0 Å². The summed E-state index contributed by atoms with van der Waals surface area (Å²) in [5.41, 5.74) is 0.710. The van der Waals surface area contributed by atoms with Crippen LogP contribution in [-0.4, -0.2) is 21.0 Å². The summed E-state index contributed by atoms with van der Waals surface area (Å²) in [6.07, 6.45) is 3.78. The molecule has 0 saturated carbocycles. The summed E-state index contributed by atoms with van der Waals surface area (Å²) in [7, 11) is 0. The normalized spacial score (nSPS) is 10.0. The van der Waals surface area contributed by atoms with Gasteiger partial charge in [-0.1, -0.05) is 0 Å². The lowest BCUT2D eigenvalue weighted by Crippen LogP contribution is -1.99. The molecular formula is C7H6N4O. The Bertz CT molecular complexity index is 408. The first-order valence-electron chi connectivity index (χ1n) is 3.41. The predicted molar refractivity (Wildman–Crippen MR) is 42.7 cm³/mol. The molecule has 1 N–H and O–H groups in total. The van der Waals surface area contributed by atoms with Crippen LogP contribution in [0.25, 0.3) is 5.65 Å². The topological polar surface area (TPSA) is 59.3 Å². The number of imidazole rings is 1. The molecule has 1 amide bonds. The molecule has 0 aromatic carbocycles. The number of rotatable bonds is 2. The lowest BCUT2D eigenvalue weighted by atomic mass is 10.6. The summed E-state index contributed by atoms with van der Waals surface area (Å²) < 4.78 is 1.55. The maximum Gasteiger partial charge on any atom is 0.212 e. The number of nitrogens with one attached hydrogen (secondary N) is 1. The van der Waals surface area contributed by atoms with E-state index in [0.717, 1.165) is 0 Å². The van der Waals surface area contributed by atoms with Gasteiger partial charge in [-0.2, -0.15) is 9.61 Å². The minimum absolute atomic E-state index is 0.570. The van der Waals surface area contributed by atoms with Crippen LogP contribution in [-0.2, 0) is 4.79 Å². The van der Waals surface area contributed by atoms with Gasteiger partial charge in [0.05, 0.1) is 6.20 Å². The quantitative estimate of drug-likeness (QED) is 0.646. The molecule has 5 nitrogen and oxygen atoms in total. The number of hydrogen-bond acceptors (Lipinski definition) is 3. The van der Waals surface area contributed by atoms with Crippen LogP contribution in [0.1, 0.15) is 0 Å². The van der Waals surface area contributed by atoms with E-state index >= 15 is 0 Å². The monoisotopic (exact) mass is 162 g/mol. The predicted octanol–water partition coefficient (Wildman–Crippen LogP) is 0.298. The van der Waals surface area contributed by atoms with Crippen LogP contribution in [0.2, 0.25) is 0 Å². The van der Waals surface area contributed by atoms with Crippen molar-refractivity contribution in [1.29, 1.82) is 0 Å². The van der Waals surface area contributed by atoms with E-state index in [1.165, 1.54) is 0 Å². The Kier molecular flexibility index (Phi) is 1.48.